The van der Waals surface area contributed by atoms with Crippen molar-refractivity contribution in [1.29, 1.82) is 0 Å². The van der Waals surface area contributed by atoms with E-state index in [2.05, 4.69) is 15.3 Å². The number of aromatic hydroxyl groups is 1. The SMILES string of the molecule is COc1cc2nccc(Oc3ccc4ccc(NC(=O)c5cncc(Cl)c5)cc4c3)c2cc1O. The van der Waals surface area contributed by atoms with Crippen LogP contribution in [0.15, 0.2) is 79.3 Å². The van der Waals surface area contributed by atoms with Gasteiger partial charge in [-0.2, -0.15) is 0 Å². The summed E-state index contributed by atoms with van der Waals surface area (Å²) in [5, 5.41) is 16.0. The van der Waals surface area contributed by atoms with Crippen molar-refractivity contribution >= 4 is 44.9 Å². The van der Waals surface area contributed by atoms with E-state index < -0.39 is 0 Å². The van der Waals surface area contributed by atoms with Crippen LogP contribution in [0.3, 0.4) is 0 Å². The van der Waals surface area contributed by atoms with Crippen LogP contribution in [0, 0.1) is 0 Å². The van der Waals surface area contributed by atoms with E-state index in [0.717, 1.165) is 10.8 Å². The molecule has 0 aliphatic heterocycles. The number of rotatable bonds is 5. The highest BCUT2D eigenvalue weighted by molar-refractivity contribution is 6.30. The maximum absolute atomic E-state index is 12.5. The van der Waals surface area contributed by atoms with Crippen LogP contribution in [0.25, 0.3) is 21.7 Å². The molecule has 0 spiro atoms. The number of carbonyl (C=O) groups excluding carboxylic acids is 1. The van der Waals surface area contributed by atoms with Crippen LogP contribution in [0.4, 0.5) is 5.69 Å². The molecule has 168 valence electrons. The van der Waals surface area contributed by atoms with Gasteiger partial charge in [-0.25, -0.2) is 0 Å². The van der Waals surface area contributed by atoms with Gasteiger partial charge in [0.15, 0.2) is 11.5 Å². The summed E-state index contributed by atoms with van der Waals surface area (Å²) in [6.45, 7) is 0. The summed E-state index contributed by atoms with van der Waals surface area (Å²) in [5.74, 6) is 1.17. The number of hydrogen-bond donors (Lipinski definition) is 2. The number of amides is 1. The largest absolute Gasteiger partial charge is 0.504 e. The fraction of sp³-hybridized carbons (Fsp3) is 0.0385. The van der Waals surface area contributed by atoms with Crippen molar-refractivity contribution in [2.75, 3.05) is 12.4 Å². The number of phenolic OH excluding ortho intramolecular Hbond substituents is 1. The molecule has 0 aliphatic rings. The van der Waals surface area contributed by atoms with Crippen molar-refractivity contribution in [3.8, 4) is 23.0 Å². The van der Waals surface area contributed by atoms with Gasteiger partial charge in [0.1, 0.15) is 11.5 Å². The van der Waals surface area contributed by atoms with Crippen LogP contribution < -0.4 is 14.8 Å². The number of anilines is 1. The van der Waals surface area contributed by atoms with Gasteiger partial charge in [-0.05, 0) is 53.2 Å². The average molecular weight is 472 g/mol. The van der Waals surface area contributed by atoms with Gasteiger partial charge in [-0.1, -0.05) is 23.7 Å². The topological polar surface area (TPSA) is 93.6 Å². The van der Waals surface area contributed by atoms with Crippen LogP contribution in [-0.2, 0) is 0 Å². The third-order valence-corrected chi connectivity index (χ3v) is 5.47. The average Bonchev–Trinajstić information content (AvgIpc) is 2.84. The highest BCUT2D eigenvalue weighted by atomic mass is 35.5. The second kappa shape index (κ2) is 8.88. The molecule has 34 heavy (non-hydrogen) atoms. The summed E-state index contributed by atoms with van der Waals surface area (Å²) in [4.78, 5) is 20.8. The number of carbonyl (C=O) groups is 1. The fourth-order valence-corrected chi connectivity index (χ4v) is 3.80. The van der Waals surface area contributed by atoms with E-state index in [1.165, 1.54) is 19.5 Å². The Morgan fingerprint density at radius 2 is 1.82 bits per heavy atom. The minimum Gasteiger partial charge on any atom is -0.504 e. The van der Waals surface area contributed by atoms with Crippen LogP contribution in [-0.4, -0.2) is 28.1 Å². The molecule has 5 rings (SSSR count). The summed E-state index contributed by atoms with van der Waals surface area (Å²) in [5.41, 5.74) is 1.63. The zero-order chi connectivity index (χ0) is 23.7. The standard InChI is InChI=1S/C26H18ClN3O4/c1-33-25-12-22-21(11-23(25)31)24(6-7-29-22)34-20-5-3-15-2-4-19(9-16(15)10-20)30-26(32)17-8-18(27)14-28-13-17/h2-14,31H,1H3,(H,30,32). The van der Waals surface area contributed by atoms with Gasteiger partial charge in [0.05, 0.1) is 23.2 Å². The van der Waals surface area contributed by atoms with E-state index in [4.69, 9.17) is 21.1 Å². The molecule has 5 aromatic rings. The monoisotopic (exact) mass is 471 g/mol. The normalized spacial score (nSPS) is 10.9. The van der Waals surface area contributed by atoms with Crippen LogP contribution in [0.1, 0.15) is 10.4 Å². The maximum atomic E-state index is 12.5. The number of ether oxygens (including phenoxy) is 2. The number of nitrogens with one attached hydrogen (secondary N) is 1. The zero-order valence-electron chi connectivity index (χ0n) is 17.9. The van der Waals surface area contributed by atoms with E-state index in [1.807, 2.05) is 36.4 Å². The second-order valence-electron chi connectivity index (χ2n) is 7.52. The van der Waals surface area contributed by atoms with Gasteiger partial charge in [-0.15, -0.1) is 0 Å². The smallest absolute Gasteiger partial charge is 0.257 e. The molecule has 0 unspecified atom stereocenters. The van der Waals surface area contributed by atoms with E-state index in [-0.39, 0.29) is 11.7 Å². The summed E-state index contributed by atoms with van der Waals surface area (Å²) in [6, 6.07) is 17.8. The molecule has 7 nitrogen and oxygen atoms in total. The molecular formula is C26H18ClN3O4. The minimum absolute atomic E-state index is 0.00153. The molecular weight excluding hydrogens is 454 g/mol. The first-order chi connectivity index (χ1) is 16.5. The lowest BCUT2D eigenvalue weighted by atomic mass is 10.1. The molecule has 1 amide bonds. The summed E-state index contributed by atoms with van der Waals surface area (Å²) < 4.78 is 11.3. The zero-order valence-corrected chi connectivity index (χ0v) is 18.7. The highest BCUT2D eigenvalue weighted by Crippen LogP contribution is 2.37. The van der Waals surface area contributed by atoms with E-state index in [1.54, 1.807) is 30.5 Å². The van der Waals surface area contributed by atoms with Crippen molar-refractivity contribution in [2.45, 2.75) is 0 Å². The Morgan fingerprint density at radius 1 is 0.971 bits per heavy atom. The Morgan fingerprint density at radius 3 is 2.65 bits per heavy atom. The van der Waals surface area contributed by atoms with Crippen LogP contribution in [0.5, 0.6) is 23.0 Å². The molecule has 0 saturated heterocycles. The van der Waals surface area contributed by atoms with E-state index >= 15 is 0 Å². The number of nitrogens with zero attached hydrogens (tertiary/aromatic N) is 2. The second-order valence-corrected chi connectivity index (χ2v) is 7.96. The van der Waals surface area contributed by atoms with E-state index in [9.17, 15) is 9.90 Å². The van der Waals surface area contributed by atoms with Crippen molar-refractivity contribution in [1.82, 2.24) is 9.97 Å². The molecule has 2 heterocycles. The van der Waals surface area contributed by atoms with Crippen LogP contribution >= 0.6 is 11.6 Å². The van der Waals surface area contributed by atoms with Gasteiger partial charge >= 0.3 is 0 Å². The van der Waals surface area contributed by atoms with Crippen LogP contribution in [0.2, 0.25) is 5.02 Å². The number of benzene rings is 3. The first-order valence-corrected chi connectivity index (χ1v) is 10.7. The third-order valence-electron chi connectivity index (χ3n) is 5.27. The molecule has 2 aromatic heterocycles. The Balaban J connectivity index is 1.44. The first-order valence-electron chi connectivity index (χ1n) is 10.3. The van der Waals surface area contributed by atoms with Gasteiger partial charge in [-0.3, -0.25) is 14.8 Å². The molecule has 3 aromatic carbocycles. The molecule has 0 radical (unpaired) electrons. The Bertz CT molecular complexity index is 1550. The number of pyridine rings is 2. The van der Waals surface area contributed by atoms with Crippen molar-refractivity contribution in [2.24, 2.45) is 0 Å². The number of phenols is 1. The first kappa shape index (κ1) is 21.5. The summed E-state index contributed by atoms with van der Waals surface area (Å²) in [7, 11) is 1.49. The van der Waals surface area contributed by atoms with Crippen molar-refractivity contribution in [3.05, 3.63) is 89.8 Å². The van der Waals surface area contributed by atoms with Gasteiger partial charge in [0.2, 0.25) is 0 Å². The van der Waals surface area contributed by atoms with Crippen molar-refractivity contribution < 1.29 is 19.4 Å². The number of fused-ring (bicyclic) bond motifs is 2. The molecule has 2 N–H and O–H groups in total. The minimum atomic E-state index is -0.305. The van der Waals surface area contributed by atoms with Gasteiger partial charge < -0.3 is 19.9 Å². The molecule has 0 fully saturated rings. The quantitative estimate of drug-likeness (QED) is 0.317. The molecule has 0 atom stereocenters. The van der Waals surface area contributed by atoms with E-state index in [0.29, 0.717) is 44.4 Å². The molecule has 0 bridgehead atoms. The lowest BCUT2D eigenvalue weighted by Gasteiger charge is -2.12. The predicted octanol–water partition coefficient (Wildman–Crippen LogP) is 6.20. The summed E-state index contributed by atoms with van der Waals surface area (Å²) in [6.07, 6.45) is 4.56. The number of methoxy groups -OCH3 is 1. The lowest BCUT2D eigenvalue weighted by Crippen LogP contribution is -2.12. The van der Waals surface area contributed by atoms with Gasteiger partial charge in [0, 0.05) is 35.7 Å². The Kier molecular flexibility index (Phi) is 5.61. The fourth-order valence-electron chi connectivity index (χ4n) is 3.62. The maximum Gasteiger partial charge on any atom is 0.257 e. The molecule has 8 heteroatoms. The Hall–Kier alpha value is -4.36. The third kappa shape index (κ3) is 4.29. The number of halogens is 1. The summed E-state index contributed by atoms with van der Waals surface area (Å²) >= 11 is 5.93. The predicted molar refractivity (Wildman–Crippen MR) is 131 cm³/mol. The Labute approximate surface area is 199 Å². The molecule has 0 saturated carbocycles. The molecule has 0 aliphatic carbocycles. The number of hydrogen-bond acceptors (Lipinski definition) is 6. The number of aromatic nitrogens is 2. The lowest BCUT2D eigenvalue weighted by molar-refractivity contribution is 0.102. The van der Waals surface area contributed by atoms with Crippen molar-refractivity contribution in [3.63, 3.8) is 0 Å². The van der Waals surface area contributed by atoms with Gasteiger partial charge in [0.25, 0.3) is 5.91 Å². The highest BCUT2D eigenvalue weighted by Gasteiger charge is 2.11.